The zero-order valence-corrected chi connectivity index (χ0v) is 13.1. The Labute approximate surface area is 133 Å². The van der Waals surface area contributed by atoms with E-state index in [0.717, 1.165) is 22.7 Å². The van der Waals surface area contributed by atoms with E-state index in [1.807, 2.05) is 30.5 Å². The predicted molar refractivity (Wildman–Crippen MR) is 82.8 cm³/mol. The number of rotatable bonds is 7. The Balaban J connectivity index is 2.05. The molecule has 3 rings (SSSR count). The topological polar surface area (TPSA) is 79.9 Å². The van der Waals surface area contributed by atoms with Gasteiger partial charge in [0.25, 0.3) is 0 Å². The zero-order chi connectivity index (χ0) is 16.1. The fraction of sp³-hybridized carbons (Fsp3) is 0.333. The third-order valence-corrected chi connectivity index (χ3v) is 3.26. The summed E-state index contributed by atoms with van der Waals surface area (Å²) in [6.07, 6.45) is 6.60. The molecule has 0 saturated carbocycles. The molecule has 0 fully saturated rings. The van der Waals surface area contributed by atoms with Crippen LogP contribution in [0.5, 0.6) is 11.5 Å². The van der Waals surface area contributed by atoms with Gasteiger partial charge < -0.3 is 14.0 Å². The first-order valence-corrected chi connectivity index (χ1v) is 7.41. The van der Waals surface area contributed by atoms with Crippen LogP contribution < -0.4 is 9.47 Å². The first-order valence-electron chi connectivity index (χ1n) is 7.41. The van der Waals surface area contributed by atoms with Crippen LogP contribution in [0.3, 0.4) is 0 Å². The molecule has 8 nitrogen and oxygen atoms in total. The second-order valence-electron chi connectivity index (χ2n) is 4.80. The van der Waals surface area contributed by atoms with Gasteiger partial charge in [0.1, 0.15) is 36.8 Å². The summed E-state index contributed by atoms with van der Waals surface area (Å²) in [6, 6.07) is 3.92. The van der Waals surface area contributed by atoms with Crippen molar-refractivity contribution in [3.63, 3.8) is 0 Å². The van der Waals surface area contributed by atoms with Crippen LogP contribution in [-0.4, -0.2) is 42.7 Å². The van der Waals surface area contributed by atoms with Crippen LogP contribution in [0.15, 0.2) is 37.4 Å². The summed E-state index contributed by atoms with van der Waals surface area (Å²) in [4.78, 5) is 0. The van der Waals surface area contributed by atoms with Crippen molar-refractivity contribution < 1.29 is 9.47 Å². The number of hydrogen-bond donors (Lipinski definition) is 0. The summed E-state index contributed by atoms with van der Waals surface area (Å²) in [5, 5.41) is 15.4. The second-order valence-corrected chi connectivity index (χ2v) is 4.80. The maximum Gasteiger partial charge on any atom is 0.143 e. The quantitative estimate of drug-likeness (QED) is 0.660. The smallest absolute Gasteiger partial charge is 0.143 e. The lowest BCUT2D eigenvalue weighted by molar-refractivity contribution is 0.326. The van der Waals surface area contributed by atoms with E-state index >= 15 is 0 Å². The van der Waals surface area contributed by atoms with Crippen molar-refractivity contribution in [1.82, 2.24) is 29.5 Å². The van der Waals surface area contributed by atoms with Gasteiger partial charge >= 0.3 is 0 Å². The Morgan fingerprint density at radius 2 is 1.43 bits per heavy atom. The summed E-state index contributed by atoms with van der Waals surface area (Å²) < 4.78 is 15.3. The van der Waals surface area contributed by atoms with E-state index in [0.29, 0.717) is 19.8 Å². The Morgan fingerprint density at radius 3 is 2.09 bits per heavy atom. The van der Waals surface area contributed by atoms with E-state index in [2.05, 4.69) is 20.4 Å². The molecule has 8 heteroatoms. The zero-order valence-electron chi connectivity index (χ0n) is 13.1. The Morgan fingerprint density at radius 1 is 0.826 bits per heavy atom. The highest BCUT2D eigenvalue weighted by Gasteiger charge is 2.14. The normalized spacial score (nSPS) is 10.7. The van der Waals surface area contributed by atoms with Crippen molar-refractivity contribution in [2.75, 3.05) is 13.2 Å². The highest BCUT2D eigenvalue weighted by Crippen LogP contribution is 2.32. The van der Waals surface area contributed by atoms with Crippen LogP contribution in [0.1, 0.15) is 19.4 Å². The minimum absolute atomic E-state index is 0.565. The van der Waals surface area contributed by atoms with Crippen molar-refractivity contribution in [3.8, 4) is 17.2 Å². The summed E-state index contributed by atoms with van der Waals surface area (Å²) in [5.41, 5.74) is 1.83. The minimum atomic E-state index is 0.565. The van der Waals surface area contributed by atoms with Gasteiger partial charge in [0.2, 0.25) is 0 Å². The molecule has 0 aliphatic carbocycles. The summed E-state index contributed by atoms with van der Waals surface area (Å²) in [7, 11) is 0. The van der Waals surface area contributed by atoms with E-state index in [9.17, 15) is 0 Å². The highest BCUT2D eigenvalue weighted by molar-refractivity contribution is 5.55. The summed E-state index contributed by atoms with van der Waals surface area (Å²) >= 11 is 0. The van der Waals surface area contributed by atoms with Crippen molar-refractivity contribution >= 4 is 0 Å². The molecule has 2 heterocycles. The molecule has 0 N–H and O–H groups in total. The van der Waals surface area contributed by atoms with Crippen LogP contribution in [0.2, 0.25) is 0 Å². The molecule has 0 amide bonds. The van der Waals surface area contributed by atoms with E-state index in [-0.39, 0.29) is 0 Å². The first kappa shape index (κ1) is 15.0. The van der Waals surface area contributed by atoms with Crippen molar-refractivity contribution in [2.45, 2.75) is 20.4 Å². The fourth-order valence-electron chi connectivity index (χ4n) is 2.30. The molecule has 0 aliphatic heterocycles. The van der Waals surface area contributed by atoms with Gasteiger partial charge in [0.05, 0.1) is 25.4 Å². The number of hydrogen-bond acceptors (Lipinski definition) is 6. The number of aromatic nitrogens is 6. The van der Waals surface area contributed by atoms with Crippen molar-refractivity contribution in [1.29, 1.82) is 0 Å². The average molecular weight is 314 g/mol. The third kappa shape index (κ3) is 3.31. The van der Waals surface area contributed by atoms with Gasteiger partial charge in [0.15, 0.2) is 0 Å². The first-order chi connectivity index (χ1) is 11.3. The highest BCUT2D eigenvalue weighted by atomic mass is 16.5. The van der Waals surface area contributed by atoms with Gasteiger partial charge in [-0.05, 0) is 19.9 Å². The lowest BCUT2D eigenvalue weighted by Gasteiger charge is -2.17. The Hall–Kier alpha value is -2.90. The average Bonchev–Trinajstić information content (AvgIpc) is 3.23. The predicted octanol–water partition coefficient (Wildman–Crippen LogP) is 1.70. The van der Waals surface area contributed by atoms with Gasteiger partial charge in [-0.15, -0.1) is 20.4 Å². The van der Waals surface area contributed by atoms with Gasteiger partial charge in [-0.1, -0.05) is 0 Å². The van der Waals surface area contributed by atoms with Gasteiger partial charge in [-0.3, -0.25) is 4.57 Å². The molecule has 0 saturated heterocycles. The molecule has 23 heavy (non-hydrogen) atoms. The van der Waals surface area contributed by atoms with Crippen LogP contribution >= 0.6 is 0 Å². The number of benzene rings is 1. The molecule has 0 aliphatic rings. The molecule has 120 valence electrons. The molecular formula is C15H18N6O2. The largest absolute Gasteiger partial charge is 0.493 e. The molecule has 3 aromatic rings. The van der Waals surface area contributed by atoms with Crippen LogP contribution in [-0.2, 0) is 6.54 Å². The Bertz CT molecular complexity index is 740. The SMILES string of the molecule is CCOc1cc(-n2cnnc2)c(OCC)cc1Cn1cnnc1. The standard InChI is InChI=1S/C15H18N6O2/c1-3-22-14-6-13(21-10-18-19-11-21)15(23-4-2)5-12(14)7-20-8-16-17-9-20/h5-6,8-11H,3-4,7H2,1-2H3. The Kier molecular flexibility index (Phi) is 4.51. The number of nitrogens with zero attached hydrogens (tertiary/aromatic N) is 6. The van der Waals surface area contributed by atoms with Crippen LogP contribution in [0, 0.1) is 0 Å². The lowest BCUT2D eigenvalue weighted by atomic mass is 10.1. The maximum absolute atomic E-state index is 5.79. The molecular weight excluding hydrogens is 296 g/mol. The molecule has 0 bridgehead atoms. The third-order valence-electron chi connectivity index (χ3n) is 3.26. The lowest BCUT2D eigenvalue weighted by Crippen LogP contribution is -2.06. The summed E-state index contributed by atoms with van der Waals surface area (Å²) in [6.45, 7) is 5.65. The minimum Gasteiger partial charge on any atom is -0.493 e. The number of ether oxygens (including phenoxy) is 2. The van der Waals surface area contributed by atoms with E-state index in [1.54, 1.807) is 29.9 Å². The second kappa shape index (κ2) is 6.91. The molecule has 0 radical (unpaired) electrons. The van der Waals surface area contributed by atoms with Gasteiger partial charge in [-0.2, -0.15) is 0 Å². The molecule has 2 aromatic heterocycles. The fourth-order valence-corrected chi connectivity index (χ4v) is 2.30. The molecule has 0 unspecified atom stereocenters. The van der Waals surface area contributed by atoms with E-state index in [1.165, 1.54) is 0 Å². The van der Waals surface area contributed by atoms with Crippen LogP contribution in [0.25, 0.3) is 5.69 Å². The maximum atomic E-state index is 5.79. The molecule has 0 spiro atoms. The summed E-state index contributed by atoms with van der Waals surface area (Å²) in [5.74, 6) is 1.53. The van der Waals surface area contributed by atoms with Crippen molar-refractivity contribution in [2.24, 2.45) is 0 Å². The van der Waals surface area contributed by atoms with Crippen LogP contribution in [0.4, 0.5) is 0 Å². The van der Waals surface area contributed by atoms with Gasteiger partial charge in [-0.25, -0.2) is 0 Å². The monoisotopic (exact) mass is 314 g/mol. The molecule has 0 atom stereocenters. The van der Waals surface area contributed by atoms with Gasteiger partial charge in [0, 0.05) is 11.6 Å². The molecule has 1 aromatic carbocycles. The van der Waals surface area contributed by atoms with E-state index < -0.39 is 0 Å². The van der Waals surface area contributed by atoms with E-state index in [4.69, 9.17) is 9.47 Å². The van der Waals surface area contributed by atoms with Crippen molar-refractivity contribution in [3.05, 3.63) is 43.0 Å².